The van der Waals surface area contributed by atoms with Gasteiger partial charge in [-0.25, -0.2) is 9.78 Å². The molecular formula is C18H16N4O4. The average molecular weight is 352 g/mol. The van der Waals surface area contributed by atoms with Crippen LogP contribution in [-0.4, -0.2) is 15.9 Å². The van der Waals surface area contributed by atoms with Gasteiger partial charge in [0.05, 0.1) is 11.1 Å². The topological polar surface area (TPSA) is 110 Å². The molecule has 0 bridgehead atoms. The van der Waals surface area contributed by atoms with Gasteiger partial charge in [0, 0.05) is 29.9 Å². The van der Waals surface area contributed by atoms with Gasteiger partial charge in [0.15, 0.2) is 12.2 Å². The van der Waals surface area contributed by atoms with Crippen LogP contribution in [0.25, 0.3) is 11.3 Å². The lowest BCUT2D eigenvalue weighted by atomic mass is 10.1. The van der Waals surface area contributed by atoms with Crippen LogP contribution in [0.15, 0.2) is 59.5 Å². The van der Waals surface area contributed by atoms with Crippen molar-refractivity contribution in [3.63, 3.8) is 0 Å². The number of carbonyl (C=O) groups is 1. The fourth-order valence-electron chi connectivity index (χ4n) is 2.46. The lowest BCUT2D eigenvalue weighted by Crippen LogP contribution is -2.28. The average Bonchev–Trinajstić information content (AvgIpc) is 3.15. The lowest BCUT2D eigenvalue weighted by molar-refractivity contribution is -0.384. The number of nitrogens with zero attached hydrogens (tertiary/aromatic N) is 2. The maximum atomic E-state index is 12.0. The predicted octanol–water partition coefficient (Wildman–Crippen LogP) is 3.88. The molecule has 8 nitrogen and oxygen atoms in total. The summed E-state index contributed by atoms with van der Waals surface area (Å²) in [6.45, 7) is 2.18. The van der Waals surface area contributed by atoms with Crippen LogP contribution in [0.1, 0.15) is 11.1 Å². The van der Waals surface area contributed by atoms with E-state index in [1.54, 1.807) is 24.4 Å². The zero-order chi connectivity index (χ0) is 18.5. The molecule has 0 aliphatic rings. The zero-order valence-corrected chi connectivity index (χ0v) is 13.9. The number of anilines is 1. The van der Waals surface area contributed by atoms with Gasteiger partial charge in [-0.2, -0.15) is 0 Å². The summed E-state index contributed by atoms with van der Waals surface area (Å²) in [4.78, 5) is 26.1. The molecule has 0 spiro atoms. The number of aromatic nitrogens is 1. The second-order valence-electron chi connectivity index (χ2n) is 5.63. The molecule has 0 atom stereocenters. The van der Waals surface area contributed by atoms with E-state index >= 15 is 0 Å². The van der Waals surface area contributed by atoms with Gasteiger partial charge in [0.2, 0.25) is 0 Å². The van der Waals surface area contributed by atoms with Gasteiger partial charge in [-0.1, -0.05) is 12.1 Å². The molecular weight excluding hydrogens is 336 g/mol. The molecule has 2 amide bonds. The molecule has 1 aromatic heterocycles. The summed E-state index contributed by atoms with van der Waals surface area (Å²) in [7, 11) is 0. The van der Waals surface area contributed by atoms with Crippen molar-refractivity contribution in [3.8, 4) is 11.3 Å². The first-order valence-electron chi connectivity index (χ1n) is 7.80. The fourth-order valence-corrected chi connectivity index (χ4v) is 2.46. The molecule has 0 aliphatic heterocycles. The van der Waals surface area contributed by atoms with Crippen LogP contribution in [0.2, 0.25) is 0 Å². The van der Waals surface area contributed by atoms with E-state index in [-0.39, 0.29) is 18.3 Å². The molecule has 0 saturated carbocycles. The third-order valence-corrected chi connectivity index (χ3v) is 3.78. The Morgan fingerprint density at radius 1 is 1.23 bits per heavy atom. The smallest absolute Gasteiger partial charge is 0.319 e. The van der Waals surface area contributed by atoms with Gasteiger partial charge < -0.3 is 15.1 Å². The van der Waals surface area contributed by atoms with Crippen molar-refractivity contribution < 1.29 is 14.1 Å². The molecule has 26 heavy (non-hydrogen) atoms. The summed E-state index contributed by atoms with van der Waals surface area (Å²) in [6.07, 6.45) is 3.00. The number of aryl methyl sites for hydroxylation is 1. The minimum Gasteiger partial charge on any atom is -0.444 e. The summed E-state index contributed by atoms with van der Waals surface area (Å²) < 4.78 is 5.28. The van der Waals surface area contributed by atoms with Crippen molar-refractivity contribution in [2.24, 2.45) is 0 Å². The molecule has 3 aromatic rings. The van der Waals surface area contributed by atoms with Crippen molar-refractivity contribution in [1.82, 2.24) is 10.3 Å². The molecule has 3 rings (SSSR count). The van der Waals surface area contributed by atoms with Crippen LogP contribution in [0.3, 0.4) is 0 Å². The number of oxazole rings is 1. The van der Waals surface area contributed by atoms with E-state index < -0.39 is 4.92 Å². The highest BCUT2D eigenvalue weighted by molar-refractivity contribution is 5.89. The number of amides is 2. The van der Waals surface area contributed by atoms with Gasteiger partial charge in [-0.3, -0.25) is 10.1 Å². The summed E-state index contributed by atoms with van der Waals surface area (Å²) >= 11 is 0. The normalized spacial score (nSPS) is 10.3. The Balaban J connectivity index is 1.58. The first-order valence-corrected chi connectivity index (χ1v) is 7.80. The Kier molecular flexibility index (Phi) is 4.93. The molecule has 8 heteroatoms. The van der Waals surface area contributed by atoms with Crippen LogP contribution < -0.4 is 10.6 Å². The Labute approximate surface area is 149 Å². The number of urea groups is 1. The second-order valence-corrected chi connectivity index (χ2v) is 5.63. The number of non-ortho nitro benzene ring substituents is 1. The molecule has 0 saturated heterocycles. The fraction of sp³-hybridized carbons (Fsp3) is 0.111. The van der Waals surface area contributed by atoms with E-state index in [1.165, 1.54) is 18.5 Å². The van der Waals surface area contributed by atoms with Crippen LogP contribution in [0.4, 0.5) is 16.2 Å². The second kappa shape index (κ2) is 7.47. The van der Waals surface area contributed by atoms with Crippen LogP contribution in [0.5, 0.6) is 0 Å². The molecule has 0 fully saturated rings. The first kappa shape index (κ1) is 17.2. The highest BCUT2D eigenvalue weighted by Crippen LogP contribution is 2.25. The van der Waals surface area contributed by atoms with Crippen molar-refractivity contribution in [3.05, 3.63) is 76.3 Å². The Morgan fingerprint density at radius 3 is 2.62 bits per heavy atom. The maximum Gasteiger partial charge on any atom is 0.319 e. The first-order chi connectivity index (χ1) is 12.5. The monoisotopic (exact) mass is 352 g/mol. The quantitative estimate of drug-likeness (QED) is 0.535. The molecule has 0 unspecified atom stereocenters. The van der Waals surface area contributed by atoms with Gasteiger partial charge in [0.25, 0.3) is 5.69 Å². The highest BCUT2D eigenvalue weighted by atomic mass is 16.6. The SMILES string of the molecule is Cc1cc(NC(=O)NCc2ccc([N+](=O)[O-])cc2)ccc1-c1cnco1. The summed E-state index contributed by atoms with van der Waals surface area (Å²) in [5.74, 6) is 0.664. The van der Waals surface area contributed by atoms with Crippen LogP contribution in [0, 0.1) is 17.0 Å². The van der Waals surface area contributed by atoms with Gasteiger partial charge in [0.1, 0.15) is 0 Å². The Morgan fingerprint density at radius 2 is 2.00 bits per heavy atom. The Hall–Kier alpha value is -3.68. The number of rotatable bonds is 5. The van der Waals surface area contributed by atoms with Crippen molar-refractivity contribution in [2.75, 3.05) is 5.32 Å². The molecule has 132 valence electrons. The van der Waals surface area contributed by atoms with E-state index in [1.807, 2.05) is 19.1 Å². The van der Waals surface area contributed by atoms with Crippen molar-refractivity contribution in [1.29, 1.82) is 0 Å². The van der Waals surface area contributed by atoms with Gasteiger partial charge in [-0.05, 0) is 36.2 Å². The number of hydrogen-bond acceptors (Lipinski definition) is 5. The van der Waals surface area contributed by atoms with E-state index in [9.17, 15) is 14.9 Å². The number of nitro benzene ring substituents is 1. The molecule has 0 radical (unpaired) electrons. The largest absolute Gasteiger partial charge is 0.444 e. The number of carbonyl (C=O) groups excluding carboxylic acids is 1. The van der Waals surface area contributed by atoms with Crippen LogP contribution in [-0.2, 0) is 6.54 Å². The minimum atomic E-state index is -0.464. The molecule has 0 aliphatic carbocycles. The van der Waals surface area contributed by atoms with Crippen LogP contribution >= 0.6 is 0 Å². The minimum absolute atomic E-state index is 0.0144. The number of nitrogens with one attached hydrogen (secondary N) is 2. The summed E-state index contributed by atoms with van der Waals surface area (Å²) in [6, 6.07) is 11.1. The third kappa shape index (κ3) is 4.04. The summed E-state index contributed by atoms with van der Waals surface area (Å²) in [5, 5.41) is 16.1. The number of nitro groups is 1. The zero-order valence-electron chi connectivity index (χ0n) is 13.9. The molecule has 2 N–H and O–H groups in total. The third-order valence-electron chi connectivity index (χ3n) is 3.78. The van der Waals surface area contributed by atoms with E-state index in [0.29, 0.717) is 11.4 Å². The van der Waals surface area contributed by atoms with Crippen molar-refractivity contribution >= 4 is 17.4 Å². The molecule has 1 heterocycles. The van der Waals surface area contributed by atoms with Crippen molar-refractivity contribution in [2.45, 2.75) is 13.5 Å². The standard InChI is InChI=1S/C18H16N4O4/c1-12-8-14(4-7-16(12)17-10-19-11-26-17)21-18(23)20-9-13-2-5-15(6-3-13)22(24)25/h2-8,10-11H,9H2,1H3,(H2,20,21,23). The Bertz CT molecular complexity index is 921. The van der Waals surface area contributed by atoms with E-state index in [4.69, 9.17) is 4.42 Å². The van der Waals surface area contributed by atoms with E-state index in [0.717, 1.165) is 16.7 Å². The highest BCUT2D eigenvalue weighted by Gasteiger charge is 2.08. The van der Waals surface area contributed by atoms with Gasteiger partial charge in [-0.15, -0.1) is 0 Å². The maximum absolute atomic E-state index is 12.0. The van der Waals surface area contributed by atoms with E-state index in [2.05, 4.69) is 15.6 Å². The number of benzene rings is 2. The van der Waals surface area contributed by atoms with Gasteiger partial charge >= 0.3 is 6.03 Å². The predicted molar refractivity (Wildman–Crippen MR) is 95.6 cm³/mol. The lowest BCUT2D eigenvalue weighted by Gasteiger charge is -2.10. The number of hydrogen-bond donors (Lipinski definition) is 2. The molecule has 2 aromatic carbocycles. The summed E-state index contributed by atoms with van der Waals surface area (Å²) in [5.41, 5.74) is 3.27.